The van der Waals surface area contributed by atoms with Crippen LogP contribution in [0.4, 0.5) is 13.2 Å². The van der Waals surface area contributed by atoms with Crippen LogP contribution in [0, 0.1) is 12.8 Å². The van der Waals surface area contributed by atoms with Crippen molar-refractivity contribution in [1.29, 1.82) is 0 Å². The molecule has 0 bridgehead atoms. The minimum Gasteiger partial charge on any atom is -0.475 e. The largest absolute Gasteiger partial charge is 0.490 e. The Balaban J connectivity index is 0.000000318. The number of carboxylic acids is 1. The second-order valence-corrected chi connectivity index (χ2v) is 9.91. The standard InChI is InChI=1S/C15H23N3O4S.C2HF3O2/c1-11-6-13(16-22-11)9-17-7-12-8-18(4-5-21-15(12)10-17)23(19,20)14-2-3-14;3-2(4,5)1(6)7/h6,12,14-15H,2-5,7-10H2,1H3;(H,6,7)/t12-,15-;/m1./s1. The maximum Gasteiger partial charge on any atom is 0.490 e. The smallest absolute Gasteiger partial charge is 0.475 e. The molecule has 2 aliphatic heterocycles. The summed E-state index contributed by atoms with van der Waals surface area (Å²) in [7, 11) is -3.12. The number of aliphatic carboxylic acids is 1. The number of likely N-dealkylation sites (tertiary alicyclic amines) is 1. The number of hydrogen-bond acceptors (Lipinski definition) is 7. The van der Waals surface area contributed by atoms with Gasteiger partial charge in [0, 0.05) is 44.7 Å². The van der Waals surface area contributed by atoms with Gasteiger partial charge in [-0.05, 0) is 19.8 Å². The Bertz CT molecular complexity index is 855. The molecule has 170 valence electrons. The number of rotatable bonds is 4. The summed E-state index contributed by atoms with van der Waals surface area (Å²) in [5.41, 5.74) is 0.918. The van der Waals surface area contributed by atoms with E-state index in [1.165, 1.54) is 0 Å². The highest BCUT2D eigenvalue weighted by molar-refractivity contribution is 7.90. The fourth-order valence-electron chi connectivity index (χ4n) is 3.61. The number of sulfonamides is 1. The van der Waals surface area contributed by atoms with E-state index in [4.69, 9.17) is 19.2 Å². The van der Waals surface area contributed by atoms with Gasteiger partial charge in [0.2, 0.25) is 10.0 Å². The lowest BCUT2D eigenvalue weighted by Gasteiger charge is -2.23. The van der Waals surface area contributed by atoms with Crippen LogP contribution in [0.25, 0.3) is 0 Å². The van der Waals surface area contributed by atoms with Crippen LogP contribution in [0.3, 0.4) is 0 Å². The van der Waals surface area contributed by atoms with E-state index >= 15 is 0 Å². The van der Waals surface area contributed by atoms with Crippen LogP contribution in [0.5, 0.6) is 0 Å². The molecular weight excluding hydrogens is 431 g/mol. The zero-order valence-corrected chi connectivity index (χ0v) is 17.2. The molecular formula is C17H24F3N3O6S. The maximum absolute atomic E-state index is 12.5. The van der Waals surface area contributed by atoms with Crippen molar-refractivity contribution in [3.05, 3.63) is 17.5 Å². The van der Waals surface area contributed by atoms with Gasteiger partial charge in [-0.2, -0.15) is 17.5 Å². The van der Waals surface area contributed by atoms with Gasteiger partial charge in [-0.1, -0.05) is 5.16 Å². The fraction of sp³-hybridized carbons (Fsp3) is 0.765. The molecule has 0 spiro atoms. The van der Waals surface area contributed by atoms with Crippen molar-refractivity contribution >= 4 is 16.0 Å². The summed E-state index contributed by atoms with van der Waals surface area (Å²) in [4.78, 5) is 11.2. The van der Waals surface area contributed by atoms with Gasteiger partial charge in [-0.15, -0.1) is 0 Å². The van der Waals surface area contributed by atoms with Crippen molar-refractivity contribution in [1.82, 2.24) is 14.4 Å². The quantitative estimate of drug-likeness (QED) is 0.722. The molecule has 1 aromatic heterocycles. The lowest BCUT2D eigenvalue weighted by molar-refractivity contribution is -0.192. The summed E-state index contributed by atoms with van der Waals surface area (Å²) in [6, 6.07) is 1.94. The molecule has 0 amide bonds. The van der Waals surface area contributed by atoms with E-state index in [9.17, 15) is 21.6 Å². The summed E-state index contributed by atoms with van der Waals surface area (Å²) < 4.78 is 69.4. The van der Waals surface area contributed by atoms with Crippen molar-refractivity contribution in [2.45, 2.75) is 43.8 Å². The third-order valence-corrected chi connectivity index (χ3v) is 7.54. The van der Waals surface area contributed by atoms with E-state index in [0.29, 0.717) is 19.7 Å². The van der Waals surface area contributed by atoms with E-state index in [-0.39, 0.29) is 17.3 Å². The number of carbonyl (C=O) groups is 1. The number of aryl methyl sites for hydroxylation is 1. The predicted molar refractivity (Wildman–Crippen MR) is 97.0 cm³/mol. The van der Waals surface area contributed by atoms with Crippen molar-refractivity contribution in [2.75, 3.05) is 32.8 Å². The van der Waals surface area contributed by atoms with Crippen LogP contribution in [0.15, 0.2) is 10.6 Å². The molecule has 13 heteroatoms. The number of ether oxygens (including phenoxy) is 1. The zero-order valence-electron chi connectivity index (χ0n) is 16.3. The van der Waals surface area contributed by atoms with Gasteiger partial charge in [-0.25, -0.2) is 13.2 Å². The van der Waals surface area contributed by atoms with Crippen molar-refractivity contribution in [3.63, 3.8) is 0 Å². The number of alkyl halides is 3. The Morgan fingerprint density at radius 1 is 1.30 bits per heavy atom. The topological polar surface area (TPSA) is 113 Å². The van der Waals surface area contributed by atoms with E-state index in [1.807, 2.05) is 13.0 Å². The molecule has 1 saturated carbocycles. The Hall–Kier alpha value is -1.70. The summed E-state index contributed by atoms with van der Waals surface area (Å²) >= 11 is 0. The van der Waals surface area contributed by atoms with Gasteiger partial charge in [0.05, 0.1) is 23.7 Å². The minimum atomic E-state index is -5.08. The lowest BCUT2D eigenvalue weighted by Crippen LogP contribution is -2.39. The predicted octanol–water partition coefficient (Wildman–Crippen LogP) is 1.24. The minimum absolute atomic E-state index is 0.113. The van der Waals surface area contributed by atoms with Gasteiger partial charge in [0.1, 0.15) is 5.76 Å². The SMILES string of the molecule is Cc1cc(CN2C[C@@H]3CN(S(=O)(=O)C4CC4)CCO[C@@H]3C2)no1.O=C(O)C(F)(F)F. The average molecular weight is 455 g/mol. The number of halogens is 3. The van der Waals surface area contributed by atoms with Crippen molar-refractivity contribution < 1.29 is 40.8 Å². The molecule has 0 aromatic carbocycles. The molecule has 30 heavy (non-hydrogen) atoms. The molecule has 1 aliphatic carbocycles. The number of aromatic nitrogens is 1. The van der Waals surface area contributed by atoms with Gasteiger partial charge >= 0.3 is 12.1 Å². The first kappa shape index (κ1) is 23.0. The normalized spacial score (nSPS) is 25.9. The second kappa shape index (κ2) is 8.81. The van der Waals surface area contributed by atoms with Crippen LogP contribution >= 0.6 is 0 Å². The molecule has 9 nitrogen and oxygen atoms in total. The second-order valence-electron chi connectivity index (χ2n) is 7.70. The van der Waals surface area contributed by atoms with E-state index in [2.05, 4.69) is 10.1 Å². The maximum atomic E-state index is 12.5. The third kappa shape index (κ3) is 5.71. The Kier molecular flexibility index (Phi) is 6.75. The van der Waals surface area contributed by atoms with E-state index in [1.54, 1.807) is 4.31 Å². The molecule has 3 aliphatic rings. The Morgan fingerprint density at radius 2 is 1.97 bits per heavy atom. The molecule has 1 N–H and O–H groups in total. The number of carboxylic acid groups (broad SMARTS) is 1. The zero-order chi connectivity index (χ0) is 22.1. The summed E-state index contributed by atoms with van der Waals surface area (Å²) in [6.07, 6.45) is -3.35. The molecule has 2 saturated heterocycles. The fourth-order valence-corrected chi connectivity index (χ4v) is 5.49. The molecule has 3 fully saturated rings. The first-order valence-electron chi connectivity index (χ1n) is 9.52. The van der Waals surface area contributed by atoms with Gasteiger partial charge < -0.3 is 14.4 Å². The van der Waals surface area contributed by atoms with Gasteiger partial charge in [0.25, 0.3) is 0 Å². The van der Waals surface area contributed by atoms with Crippen molar-refractivity contribution in [3.8, 4) is 0 Å². The summed E-state index contributed by atoms with van der Waals surface area (Å²) in [5, 5.41) is 11.0. The van der Waals surface area contributed by atoms with Gasteiger partial charge in [-0.3, -0.25) is 4.90 Å². The third-order valence-electron chi connectivity index (χ3n) is 5.18. The lowest BCUT2D eigenvalue weighted by atomic mass is 10.1. The van der Waals surface area contributed by atoms with Crippen LogP contribution in [-0.2, 0) is 26.1 Å². The van der Waals surface area contributed by atoms with Crippen LogP contribution in [-0.4, -0.2) is 84.2 Å². The molecule has 2 atom stereocenters. The Morgan fingerprint density at radius 3 is 2.50 bits per heavy atom. The molecule has 3 heterocycles. The van der Waals surface area contributed by atoms with Crippen LogP contribution < -0.4 is 0 Å². The highest BCUT2D eigenvalue weighted by atomic mass is 32.2. The van der Waals surface area contributed by atoms with E-state index in [0.717, 1.165) is 43.9 Å². The first-order chi connectivity index (χ1) is 14.0. The highest BCUT2D eigenvalue weighted by Gasteiger charge is 2.44. The summed E-state index contributed by atoms with van der Waals surface area (Å²) in [6.45, 7) is 5.84. The average Bonchev–Trinajstić information content (AvgIpc) is 3.38. The van der Waals surface area contributed by atoms with Crippen LogP contribution in [0.1, 0.15) is 24.3 Å². The molecule has 4 rings (SSSR count). The number of fused-ring (bicyclic) bond motifs is 1. The summed E-state index contributed by atoms with van der Waals surface area (Å²) in [5.74, 6) is -1.71. The number of nitrogens with zero attached hydrogens (tertiary/aromatic N) is 3. The first-order valence-corrected chi connectivity index (χ1v) is 11.0. The molecule has 0 unspecified atom stereocenters. The van der Waals surface area contributed by atoms with Gasteiger partial charge in [0.15, 0.2) is 0 Å². The monoisotopic (exact) mass is 455 g/mol. The Labute approximate surface area is 171 Å². The van der Waals surface area contributed by atoms with E-state index < -0.39 is 22.2 Å². The molecule has 1 aromatic rings. The van der Waals surface area contributed by atoms with Crippen LogP contribution in [0.2, 0.25) is 0 Å². The highest BCUT2D eigenvalue weighted by Crippen LogP contribution is 2.33. The van der Waals surface area contributed by atoms with Crippen molar-refractivity contribution in [2.24, 2.45) is 5.92 Å². The molecule has 0 radical (unpaired) electrons. The number of hydrogen-bond donors (Lipinski definition) is 1.